The fourth-order valence-electron chi connectivity index (χ4n) is 3.92. The predicted molar refractivity (Wildman–Crippen MR) is 123 cm³/mol. The molecule has 0 saturated carbocycles. The van der Waals surface area contributed by atoms with E-state index >= 15 is 0 Å². The average molecular weight is 620 g/mol. The third-order valence-corrected chi connectivity index (χ3v) is 5.71. The van der Waals surface area contributed by atoms with Crippen molar-refractivity contribution in [3.8, 4) is 0 Å². The van der Waals surface area contributed by atoms with Gasteiger partial charge in [-0.2, -0.15) is 0 Å². The number of aromatic amines is 1. The molecule has 0 bridgehead atoms. The maximum absolute atomic E-state index is 12.2. The van der Waals surface area contributed by atoms with Crippen molar-refractivity contribution in [1.29, 1.82) is 0 Å². The number of rotatable bonds is 5. The smallest absolute Gasteiger partial charge is 0.316 e. The van der Waals surface area contributed by atoms with Crippen molar-refractivity contribution in [3.05, 3.63) is 52.6 Å². The molecule has 2 fully saturated rings. The summed E-state index contributed by atoms with van der Waals surface area (Å²) in [6.45, 7) is -0.168. The third kappa shape index (κ3) is 6.50. The number of aromatic nitrogens is 3. The van der Waals surface area contributed by atoms with Crippen LogP contribution >= 0.6 is 16.5 Å². The SMILES string of the molecule is Nc1ccc(C2OC3C(O2)[C@@H](CO[PH](=O)O)O[C@H]3n2cnc3c(=O)[nH]c(N)cc32)cc1.O=[PH](O)O.[Y]. The number of hydrogen-bond donors (Lipinski definition) is 6. The Kier molecular flexibility index (Phi) is 10.0. The van der Waals surface area contributed by atoms with Gasteiger partial charge in [0, 0.05) is 50.0 Å². The van der Waals surface area contributed by atoms with E-state index in [2.05, 4.69) is 9.97 Å². The molecule has 1 radical (unpaired) electrons. The average Bonchev–Trinajstić information content (AvgIpc) is 3.46. The predicted octanol–water partition coefficient (Wildman–Crippen LogP) is 0.0260. The molecule has 0 amide bonds. The molecule has 15 nitrogen and oxygen atoms in total. The molecule has 5 rings (SSSR count). The number of H-pyrrole nitrogens is 1. The Labute approximate surface area is 229 Å². The molecule has 2 aliphatic heterocycles. The Morgan fingerprint density at radius 1 is 1.08 bits per heavy atom. The van der Waals surface area contributed by atoms with E-state index in [1.54, 1.807) is 34.9 Å². The molecule has 3 aromatic rings. The summed E-state index contributed by atoms with van der Waals surface area (Å²) >= 11 is 0. The summed E-state index contributed by atoms with van der Waals surface area (Å²) in [5, 5.41) is 0. The number of pyridine rings is 1. The second kappa shape index (κ2) is 12.4. The van der Waals surface area contributed by atoms with E-state index in [1.807, 2.05) is 0 Å². The fourth-order valence-corrected chi connectivity index (χ4v) is 4.23. The number of benzene rings is 1. The van der Waals surface area contributed by atoms with Crippen LogP contribution in [0.1, 0.15) is 18.1 Å². The first-order valence-corrected chi connectivity index (χ1v) is 12.7. The van der Waals surface area contributed by atoms with Crippen LogP contribution in [0.3, 0.4) is 0 Å². The van der Waals surface area contributed by atoms with Crippen molar-refractivity contribution in [2.75, 3.05) is 18.1 Å². The van der Waals surface area contributed by atoms with Gasteiger partial charge in [0.1, 0.15) is 24.1 Å². The molecule has 8 N–H and O–H groups in total. The van der Waals surface area contributed by atoms with Crippen LogP contribution in [0.5, 0.6) is 0 Å². The van der Waals surface area contributed by atoms with Crippen LogP contribution in [0, 0.1) is 0 Å². The molecule has 6 atom stereocenters. The Morgan fingerprint density at radius 3 is 2.36 bits per heavy atom. The maximum atomic E-state index is 12.2. The monoisotopic (exact) mass is 620 g/mol. The molecular weight excluding hydrogens is 597 g/mol. The van der Waals surface area contributed by atoms with Crippen LogP contribution in [0.4, 0.5) is 11.5 Å². The van der Waals surface area contributed by atoms with Crippen molar-refractivity contribution in [1.82, 2.24) is 14.5 Å². The van der Waals surface area contributed by atoms with Gasteiger partial charge < -0.3 is 54.4 Å². The number of nitrogens with one attached hydrogen (secondary N) is 1. The van der Waals surface area contributed by atoms with Gasteiger partial charge >= 0.3 is 16.5 Å². The molecule has 4 unspecified atom stereocenters. The maximum Gasteiger partial charge on any atom is 0.316 e. The van der Waals surface area contributed by atoms with E-state index in [0.29, 0.717) is 11.2 Å². The Morgan fingerprint density at radius 2 is 1.72 bits per heavy atom. The quantitative estimate of drug-likeness (QED) is 0.163. The second-order valence-electron chi connectivity index (χ2n) is 7.56. The first-order valence-electron chi connectivity index (χ1n) is 10.1. The first-order chi connectivity index (χ1) is 16.6. The summed E-state index contributed by atoms with van der Waals surface area (Å²) in [5.41, 5.74) is 13.1. The summed E-state index contributed by atoms with van der Waals surface area (Å²) in [6, 6.07) is 8.64. The molecule has 1 aromatic carbocycles. The number of nitrogens with zero attached hydrogens (tertiary/aromatic N) is 2. The molecule has 36 heavy (non-hydrogen) atoms. The van der Waals surface area contributed by atoms with Gasteiger partial charge in [-0.3, -0.25) is 13.9 Å². The molecule has 193 valence electrons. The topological polar surface area (TPSA) is 234 Å². The standard InChI is InChI=1S/C18H20N5O7P.H3O3P.Y/c19-9-3-1-8(2-4-9)18-29-14-11(6-27-31(25)26)28-17(15(14)30-18)23-7-21-13-10(23)5-12(20)22-16(13)24;1-4(2)3;/h1-5,7,11,14-15,17-18,31H,6,19H2,(H,25,26)(H3,20,22,24);4H,(H2,1,2,3);/t11-,14?,15?,17-,18?;;/m1../s1. The molecule has 0 aliphatic carbocycles. The first kappa shape index (κ1) is 29.1. The number of ether oxygens (including phenoxy) is 3. The van der Waals surface area contributed by atoms with Gasteiger partial charge in [-0.05, 0) is 12.1 Å². The van der Waals surface area contributed by atoms with Crippen LogP contribution < -0.4 is 17.0 Å². The second-order valence-corrected chi connectivity index (χ2v) is 8.95. The number of nitrogen functional groups attached to an aromatic ring is 2. The van der Waals surface area contributed by atoms with Gasteiger partial charge in [-0.1, -0.05) is 12.1 Å². The number of hydrogen-bond acceptors (Lipinski definition) is 10. The van der Waals surface area contributed by atoms with Crippen molar-refractivity contribution in [2.24, 2.45) is 0 Å². The van der Waals surface area contributed by atoms with Gasteiger partial charge in [0.2, 0.25) is 0 Å². The molecular formula is C18H23N5O10P2Y. The van der Waals surface area contributed by atoms with Crippen molar-refractivity contribution in [3.63, 3.8) is 0 Å². The number of imidazole rings is 1. The van der Waals surface area contributed by atoms with E-state index in [4.69, 9.17) is 49.4 Å². The van der Waals surface area contributed by atoms with E-state index in [9.17, 15) is 9.36 Å². The number of anilines is 2. The molecule has 2 saturated heterocycles. The number of fused-ring (bicyclic) bond motifs is 2. The van der Waals surface area contributed by atoms with E-state index in [0.717, 1.165) is 5.56 Å². The minimum Gasteiger partial charge on any atom is -0.399 e. The Balaban J connectivity index is 0.000000674. The summed E-state index contributed by atoms with van der Waals surface area (Å²) in [7, 11) is -6.29. The van der Waals surface area contributed by atoms with Gasteiger partial charge in [0.05, 0.1) is 18.5 Å². The third-order valence-electron chi connectivity index (χ3n) is 5.30. The van der Waals surface area contributed by atoms with Gasteiger partial charge in [0.25, 0.3) is 5.56 Å². The minimum atomic E-state index is -3.16. The normalized spacial score (nSPS) is 25.7. The summed E-state index contributed by atoms with van der Waals surface area (Å²) in [4.78, 5) is 42.2. The zero-order valence-corrected chi connectivity index (χ0v) is 23.2. The van der Waals surface area contributed by atoms with Gasteiger partial charge in [0.15, 0.2) is 18.0 Å². The summed E-state index contributed by atoms with van der Waals surface area (Å²) < 4.78 is 44.6. The summed E-state index contributed by atoms with van der Waals surface area (Å²) in [5.74, 6) is 0.177. The fraction of sp³-hybridized carbons (Fsp3) is 0.333. The largest absolute Gasteiger partial charge is 0.399 e. The molecule has 4 heterocycles. The van der Waals surface area contributed by atoms with E-state index < -0.39 is 52.9 Å². The van der Waals surface area contributed by atoms with E-state index in [-0.39, 0.29) is 50.7 Å². The number of nitrogens with two attached hydrogens (primary N) is 2. The zero-order chi connectivity index (χ0) is 25.3. The molecule has 2 aliphatic rings. The van der Waals surface area contributed by atoms with Crippen LogP contribution in [0.15, 0.2) is 41.5 Å². The Hall–Kier alpha value is -1.48. The van der Waals surface area contributed by atoms with Crippen LogP contribution in [-0.2, 0) is 60.6 Å². The van der Waals surface area contributed by atoms with Crippen molar-refractivity contribution < 1.29 is 75.3 Å². The summed E-state index contributed by atoms with van der Waals surface area (Å²) in [6.07, 6.45) is -1.85. The zero-order valence-electron chi connectivity index (χ0n) is 18.4. The van der Waals surface area contributed by atoms with Gasteiger partial charge in [-0.15, -0.1) is 0 Å². The molecule has 0 spiro atoms. The van der Waals surface area contributed by atoms with Crippen molar-refractivity contribution >= 4 is 39.0 Å². The van der Waals surface area contributed by atoms with E-state index in [1.165, 1.54) is 6.33 Å². The van der Waals surface area contributed by atoms with Gasteiger partial charge in [-0.25, -0.2) is 4.98 Å². The molecule has 18 heteroatoms. The van der Waals surface area contributed by atoms with Crippen molar-refractivity contribution in [2.45, 2.75) is 30.8 Å². The molecule has 2 aromatic heterocycles. The minimum absolute atomic E-state index is 0. The van der Waals surface area contributed by atoms with Crippen LogP contribution in [0.2, 0.25) is 0 Å². The van der Waals surface area contributed by atoms with Crippen LogP contribution in [-0.4, -0.2) is 54.1 Å². The van der Waals surface area contributed by atoms with Crippen LogP contribution in [0.25, 0.3) is 11.0 Å². The Bertz CT molecular complexity index is 1300.